The molecular formula is C30H39N5O5. The lowest BCUT2D eigenvalue weighted by atomic mass is 9.94. The van der Waals surface area contributed by atoms with Crippen LogP contribution >= 0.6 is 0 Å². The number of carbonyl (C=O) groups is 2. The van der Waals surface area contributed by atoms with Crippen LogP contribution in [0.2, 0.25) is 0 Å². The molecule has 2 aliphatic rings. The summed E-state index contributed by atoms with van der Waals surface area (Å²) in [7, 11) is 1.60. The minimum Gasteiger partial charge on any atom is -0.496 e. The van der Waals surface area contributed by atoms with E-state index in [0.717, 1.165) is 41.7 Å². The average Bonchev–Trinajstić information content (AvgIpc) is 3.22. The molecule has 40 heavy (non-hydrogen) atoms. The monoisotopic (exact) mass is 549 g/mol. The SMILES string of the molecule is COc1cc2c(cc1-c1c(C)noc1C)cc(C(=O)N1CCC1)c(=O)n2CCN1CCN(C(=O)C(C)(C)C)CC1. The Morgan fingerprint density at radius 2 is 1.68 bits per heavy atom. The van der Waals surface area contributed by atoms with E-state index in [1.54, 1.807) is 22.6 Å². The van der Waals surface area contributed by atoms with Crippen LogP contribution in [0, 0.1) is 19.3 Å². The van der Waals surface area contributed by atoms with Crippen molar-refractivity contribution < 1.29 is 18.8 Å². The molecule has 0 bridgehead atoms. The first-order valence-electron chi connectivity index (χ1n) is 14.0. The minimum absolute atomic E-state index is 0.160. The van der Waals surface area contributed by atoms with E-state index in [1.165, 1.54) is 0 Å². The Bertz CT molecular complexity index is 1480. The summed E-state index contributed by atoms with van der Waals surface area (Å²) >= 11 is 0. The number of fused-ring (bicyclic) bond motifs is 1. The fourth-order valence-corrected chi connectivity index (χ4v) is 5.59. The molecule has 0 N–H and O–H groups in total. The number of likely N-dealkylation sites (tertiary alicyclic amines) is 1. The van der Waals surface area contributed by atoms with E-state index in [2.05, 4.69) is 10.1 Å². The first-order valence-corrected chi connectivity index (χ1v) is 14.0. The number of piperazine rings is 1. The lowest BCUT2D eigenvalue weighted by Gasteiger charge is -2.37. The van der Waals surface area contributed by atoms with Crippen molar-refractivity contribution in [2.24, 2.45) is 5.41 Å². The maximum atomic E-state index is 13.8. The summed E-state index contributed by atoms with van der Waals surface area (Å²) in [5, 5.41) is 4.88. The van der Waals surface area contributed by atoms with Crippen molar-refractivity contribution in [1.29, 1.82) is 0 Å². The summed E-state index contributed by atoms with van der Waals surface area (Å²) < 4.78 is 12.9. The largest absolute Gasteiger partial charge is 0.496 e. The Hall–Kier alpha value is -3.66. The highest BCUT2D eigenvalue weighted by Gasteiger charge is 2.30. The number of aromatic nitrogens is 2. The number of carbonyl (C=O) groups excluding carboxylic acids is 2. The molecule has 5 rings (SSSR count). The van der Waals surface area contributed by atoms with Crippen LogP contribution in [0.3, 0.4) is 0 Å². The Kier molecular flexibility index (Phi) is 7.48. The fraction of sp³-hybridized carbons (Fsp3) is 0.533. The van der Waals surface area contributed by atoms with Crippen molar-refractivity contribution in [2.75, 3.05) is 52.9 Å². The Labute approximate surface area is 234 Å². The molecule has 3 aromatic rings. The van der Waals surface area contributed by atoms with Crippen molar-refractivity contribution in [3.05, 3.63) is 45.6 Å². The number of rotatable bonds is 6. The first-order chi connectivity index (χ1) is 19.0. The van der Waals surface area contributed by atoms with Crippen molar-refractivity contribution in [3.63, 3.8) is 0 Å². The molecule has 0 spiro atoms. The number of nitrogens with zero attached hydrogens (tertiary/aromatic N) is 5. The maximum Gasteiger partial charge on any atom is 0.263 e. The highest BCUT2D eigenvalue weighted by atomic mass is 16.5. The quantitative estimate of drug-likeness (QED) is 0.465. The standard InChI is InChI=1S/C30H39N5O5/c1-19-26(20(2)40-31-19)22-16-21-17-23(27(36)33-8-7-9-33)28(37)35(24(21)18-25(22)39-6)15-12-32-10-13-34(14-11-32)29(38)30(3,4)5/h16-18H,7-15H2,1-6H3. The zero-order valence-electron chi connectivity index (χ0n) is 24.4. The van der Waals surface area contributed by atoms with Gasteiger partial charge < -0.3 is 23.6 Å². The lowest BCUT2D eigenvalue weighted by molar-refractivity contribution is -0.141. The highest BCUT2D eigenvalue weighted by molar-refractivity contribution is 5.99. The molecule has 2 aliphatic heterocycles. The van der Waals surface area contributed by atoms with Gasteiger partial charge in [0.1, 0.15) is 17.1 Å². The van der Waals surface area contributed by atoms with E-state index in [9.17, 15) is 14.4 Å². The fourth-order valence-electron chi connectivity index (χ4n) is 5.59. The summed E-state index contributed by atoms with van der Waals surface area (Å²) in [6.07, 6.45) is 0.949. The van der Waals surface area contributed by atoms with Crippen molar-refractivity contribution in [2.45, 2.75) is 47.6 Å². The third-order valence-electron chi connectivity index (χ3n) is 8.03. The van der Waals surface area contributed by atoms with Gasteiger partial charge in [-0.1, -0.05) is 25.9 Å². The van der Waals surface area contributed by atoms with Crippen LogP contribution in [0.15, 0.2) is 27.5 Å². The lowest BCUT2D eigenvalue weighted by Crippen LogP contribution is -2.52. The number of ether oxygens (including phenoxy) is 1. The van der Waals surface area contributed by atoms with Crippen LogP contribution in [-0.4, -0.2) is 89.2 Å². The Balaban J connectivity index is 1.50. The molecule has 0 atom stereocenters. The maximum absolute atomic E-state index is 13.8. The van der Waals surface area contributed by atoms with Gasteiger partial charge in [0.2, 0.25) is 5.91 Å². The number of benzene rings is 1. The van der Waals surface area contributed by atoms with E-state index in [0.29, 0.717) is 56.3 Å². The molecule has 0 radical (unpaired) electrons. The molecule has 2 aromatic heterocycles. The van der Waals surface area contributed by atoms with Gasteiger partial charge in [-0.05, 0) is 32.4 Å². The Morgan fingerprint density at radius 3 is 2.23 bits per heavy atom. The van der Waals surface area contributed by atoms with Crippen molar-refractivity contribution in [3.8, 4) is 16.9 Å². The van der Waals surface area contributed by atoms with Crippen LogP contribution in [0.4, 0.5) is 0 Å². The van der Waals surface area contributed by atoms with Crippen LogP contribution < -0.4 is 10.3 Å². The first kappa shape index (κ1) is 27.9. The molecule has 0 aliphatic carbocycles. The van der Waals surface area contributed by atoms with Crippen LogP contribution in [0.5, 0.6) is 5.75 Å². The van der Waals surface area contributed by atoms with Gasteiger partial charge >= 0.3 is 0 Å². The molecule has 10 heteroatoms. The molecule has 0 saturated carbocycles. The van der Waals surface area contributed by atoms with Crippen LogP contribution in [-0.2, 0) is 11.3 Å². The van der Waals surface area contributed by atoms with E-state index in [1.807, 2.05) is 51.7 Å². The molecule has 1 aromatic carbocycles. The molecule has 2 fully saturated rings. The number of amides is 2. The second kappa shape index (κ2) is 10.7. The van der Waals surface area contributed by atoms with Gasteiger partial charge in [-0.3, -0.25) is 19.3 Å². The predicted molar refractivity (Wildman–Crippen MR) is 153 cm³/mol. The zero-order chi connectivity index (χ0) is 28.8. The third-order valence-corrected chi connectivity index (χ3v) is 8.03. The highest BCUT2D eigenvalue weighted by Crippen LogP contribution is 2.37. The second-order valence-electron chi connectivity index (χ2n) is 11.9. The van der Waals surface area contributed by atoms with Crippen LogP contribution in [0.25, 0.3) is 22.0 Å². The zero-order valence-corrected chi connectivity index (χ0v) is 24.4. The third kappa shape index (κ3) is 5.12. The van der Waals surface area contributed by atoms with Gasteiger partial charge in [-0.25, -0.2) is 0 Å². The van der Waals surface area contributed by atoms with E-state index in [4.69, 9.17) is 9.26 Å². The number of pyridine rings is 1. The minimum atomic E-state index is -0.403. The molecule has 2 amide bonds. The average molecular weight is 550 g/mol. The number of aryl methyl sites for hydroxylation is 2. The summed E-state index contributed by atoms with van der Waals surface area (Å²) in [5.74, 6) is 1.21. The summed E-state index contributed by atoms with van der Waals surface area (Å²) in [4.78, 5) is 45.7. The molecule has 10 nitrogen and oxygen atoms in total. The van der Waals surface area contributed by atoms with Gasteiger partial charge in [0, 0.05) is 74.8 Å². The summed E-state index contributed by atoms with van der Waals surface area (Å²) in [6, 6.07) is 5.54. The summed E-state index contributed by atoms with van der Waals surface area (Å²) in [5.41, 5.74) is 2.58. The van der Waals surface area contributed by atoms with E-state index < -0.39 is 5.41 Å². The van der Waals surface area contributed by atoms with Crippen LogP contribution in [0.1, 0.15) is 49.0 Å². The van der Waals surface area contributed by atoms with Gasteiger partial charge in [0.15, 0.2) is 0 Å². The van der Waals surface area contributed by atoms with Gasteiger partial charge in [0.05, 0.1) is 23.9 Å². The van der Waals surface area contributed by atoms with E-state index in [-0.39, 0.29) is 22.9 Å². The normalized spacial score (nSPS) is 16.4. The molecule has 0 unspecified atom stereocenters. The van der Waals surface area contributed by atoms with Gasteiger partial charge in [-0.2, -0.15) is 0 Å². The number of hydrogen-bond acceptors (Lipinski definition) is 7. The van der Waals surface area contributed by atoms with Gasteiger partial charge in [-0.15, -0.1) is 0 Å². The molecule has 2 saturated heterocycles. The Morgan fingerprint density at radius 1 is 0.975 bits per heavy atom. The predicted octanol–water partition coefficient (Wildman–Crippen LogP) is 3.32. The molecular weight excluding hydrogens is 510 g/mol. The van der Waals surface area contributed by atoms with Crippen molar-refractivity contribution in [1.82, 2.24) is 24.4 Å². The topological polar surface area (TPSA) is 101 Å². The number of hydrogen-bond donors (Lipinski definition) is 0. The van der Waals surface area contributed by atoms with Crippen molar-refractivity contribution >= 4 is 22.7 Å². The van der Waals surface area contributed by atoms with Gasteiger partial charge in [0.25, 0.3) is 11.5 Å². The van der Waals surface area contributed by atoms with E-state index >= 15 is 0 Å². The molecule has 4 heterocycles. The molecule has 214 valence electrons. The number of methoxy groups -OCH3 is 1. The second-order valence-corrected chi connectivity index (χ2v) is 11.9. The summed E-state index contributed by atoms with van der Waals surface area (Å²) in [6.45, 7) is 14.7. The smallest absolute Gasteiger partial charge is 0.263 e.